The van der Waals surface area contributed by atoms with Crippen LogP contribution in [0.4, 0.5) is 0 Å². The molecule has 4 saturated heterocycles. The summed E-state index contributed by atoms with van der Waals surface area (Å²) in [4.78, 5) is 87.8. The quantitative estimate of drug-likeness (QED) is 0.487. The molecular formula is C33H45N5O7. The summed E-state index contributed by atoms with van der Waals surface area (Å²) in [7, 11) is 0. The van der Waals surface area contributed by atoms with Gasteiger partial charge in [-0.2, -0.15) is 0 Å². The van der Waals surface area contributed by atoms with Crippen molar-refractivity contribution in [3.05, 3.63) is 35.9 Å². The minimum absolute atomic E-state index is 0.266. The van der Waals surface area contributed by atoms with Crippen molar-refractivity contribution < 1.29 is 33.5 Å². The van der Waals surface area contributed by atoms with Crippen LogP contribution < -0.4 is 10.6 Å². The first-order valence-corrected chi connectivity index (χ1v) is 16.4. The van der Waals surface area contributed by atoms with Gasteiger partial charge < -0.3 is 30.1 Å². The van der Waals surface area contributed by atoms with Gasteiger partial charge in [0.05, 0.1) is 0 Å². The Morgan fingerprint density at radius 1 is 0.778 bits per heavy atom. The molecule has 0 aromatic heterocycles. The van der Waals surface area contributed by atoms with E-state index in [1.807, 2.05) is 0 Å². The van der Waals surface area contributed by atoms with Crippen LogP contribution in [-0.4, -0.2) is 106 Å². The summed E-state index contributed by atoms with van der Waals surface area (Å²) in [5.74, 6) is -3.19. The predicted octanol–water partition coefficient (Wildman–Crippen LogP) is 1.62. The summed E-state index contributed by atoms with van der Waals surface area (Å²) in [5.41, 5.74) is 0.312. The zero-order chi connectivity index (χ0) is 32.2. The molecule has 4 aliphatic rings. The molecule has 4 fully saturated rings. The lowest BCUT2D eigenvalue weighted by molar-refractivity contribution is -0.166. The van der Waals surface area contributed by atoms with Gasteiger partial charge in [0.25, 0.3) is 5.91 Å². The van der Waals surface area contributed by atoms with Crippen molar-refractivity contribution in [2.24, 2.45) is 5.92 Å². The molecule has 0 bridgehead atoms. The SMILES string of the molecule is CC(C)C1NC(=O)[C@@H](NC(=O)c2ccccc2)[C@@H](C)OC(=O)C2CCCCN2C(=O)C2CCCCN2C(=O)C2CCCN2C1=O. The minimum atomic E-state index is -1.33. The number of esters is 1. The molecule has 12 nitrogen and oxygen atoms in total. The smallest absolute Gasteiger partial charge is 0.329 e. The third-order valence-corrected chi connectivity index (χ3v) is 9.56. The van der Waals surface area contributed by atoms with Crippen LogP contribution in [0, 0.1) is 5.92 Å². The molecule has 0 spiro atoms. The lowest BCUT2D eigenvalue weighted by atomic mass is 9.95. The molecular weight excluding hydrogens is 578 g/mol. The van der Waals surface area contributed by atoms with Crippen LogP contribution in [0.3, 0.4) is 0 Å². The molecule has 0 saturated carbocycles. The molecule has 6 atom stereocenters. The van der Waals surface area contributed by atoms with Gasteiger partial charge in [0.1, 0.15) is 36.3 Å². The average molecular weight is 624 g/mol. The number of hydrogen-bond acceptors (Lipinski definition) is 7. The maximum atomic E-state index is 14.1. The molecule has 4 unspecified atom stereocenters. The van der Waals surface area contributed by atoms with Gasteiger partial charge in [-0.1, -0.05) is 32.0 Å². The van der Waals surface area contributed by atoms with E-state index >= 15 is 0 Å². The van der Waals surface area contributed by atoms with Gasteiger partial charge >= 0.3 is 5.97 Å². The Hall–Kier alpha value is -3.96. The highest BCUT2D eigenvalue weighted by molar-refractivity contribution is 6.00. The van der Waals surface area contributed by atoms with E-state index in [1.165, 1.54) is 11.8 Å². The largest absolute Gasteiger partial charge is 0.458 e. The van der Waals surface area contributed by atoms with Crippen molar-refractivity contribution in [1.29, 1.82) is 0 Å². The fourth-order valence-electron chi connectivity index (χ4n) is 7.04. The van der Waals surface area contributed by atoms with E-state index in [2.05, 4.69) is 10.6 Å². The number of nitrogens with one attached hydrogen (secondary N) is 2. The van der Waals surface area contributed by atoms with Crippen molar-refractivity contribution in [2.75, 3.05) is 19.6 Å². The number of carbonyl (C=O) groups is 6. The predicted molar refractivity (Wildman–Crippen MR) is 163 cm³/mol. The Morgan fingerprint density at radius 3 is 1.93 bits per heavy atom. The number of ether oxygens (including phenoxy) is 1. The van der Waals surface area contributed by atoms with Crippen molar-refractivity contribution in [3.63, 3.8) is 0 Å². The van der Waals surface area contributed by atoms with Crippen molar-refractivity contribution in [1.82, 2.24) is 25.3 Å². The zero-order valence-electron chi connectivity index (χ0n) is 26.4. The van der Waals surface area contributed by atoms with Gasteiger partial charge in [-0.05, 0) is 76.3 Å². The normalized spacial score (nSPS) is 30.3. The van der Waals surface area contributed by atoms with E-state index in [1.54, 1.807) is 54.0 Å². The molecule has 1 aromatic rings. The summed E-state index contributed by atoms with van der Waals surface area (Å²) in [6.07, 6.45) is 3.80. The number of amides is 5. The van der Waals surface area contributed by atoms with Gasteiger partial charge in [0.2, 0.25) is 23.6 Å². The Bertz CT molecular complexity index is 1300. The average Bonchev–Trinajstić information content (AvgIpc) is 3.55. The molecule has 4 aliphatic heterocycles. The second-order valence-electron chi connectivity index (χ2n) is 13.0. The first-order chi connectivity index (χ1) is 21.6. The van der Waals surface area contributed by atoms with Crippen LogP contribution in [0.1, 0.15) is 82.5 Å². The van der Waals surface area contributed by atoms with Crippen LogP contribution in [0.15, 0.2) is 30.3 Å². The van der Waals surface area contributed by atoms with Gasteiger partial charge in [-0.3, -0.25) is 24.0 Å². The van der Waals surface area contributed by atoms with Crippen molar-refractivity contribution in [3.8, 4) is 0 Å². The molecule has 2 N–H and O–H groups in total. The Kier molecular flexibility index (Phi) is 10.1. The lowest BCUT2D eigenvalue weighted by Gasteiger charge is -2.43. The van der Waals surface area contributed by atoms with E-state index < -0.39 is 60.0 Å². The maximum absolute atomic E-state index is 14.1. The standard InChI is InChI=1S/C33H45N5O7/c1-20(2)26-32(43)37-19-11-16-24(37)30(41)36-17-9-7-14-23(36)31(42)38-18-10-8-15-25(38)33(44)45-21(3)27(29(40)34-26)35-28(39)22-12-5-4-6-13-22/h4-6,12-13,20-21,23-27H,7-11,14-19H2,1-3H3,(H,34,40)(H,35,39)/t21-,23?,24?,25?,26?,27+/m1/s1. The van der Waals surface area contributed by atoms with E-state index in [4.69, 9.17) is 4.74 Å². The molecule has 12 heteroatoms. The topological polar surface area (TPSA) is 145 Å². The lowest BCUT2D eigenvalue weighted by Crippen LogP contribution is -2.63. The Labute approximate surface area is 264 Å². The Balaban J connectivity index is 1.53. The number of benzene rings is 1. The van der Waals surface area contributed by atoms with Crippen molar-refractivity contribution >= 4 is 35.5 Å². The van der Waals surface area contributed by atoms with Gasteiger partial charge in [0, 0.05) is 25.2 Å². The molecule has 45 heavy (non-hydrogen) atoms. The molecule has 5 amide bonds. The summed E-state index contributed by atoms with van der Waals surface area (Å²) in [6, 6.07) is 3.69. The highest BCUT2D eigenvalue weighted by Gasteiger charge is 2.46. The molecule has 4 heterocycles. The zero-order valence-corrected chi connectivity index (χ0v) is 26.4. The first-order valence-electron chi connectivity index (χ1n) is 16.4. The fraction of sp³-hybridized carbons (Fsp3) is 0.636. The highest BCUT2D eigenvalue weighted by atomic mass is 16.5. The van der Waals surface area contributed by atoms with Crippen LogP contribution >= 0.6 is 0 Å². The van der Waals surface area contributed by atoms with E-state index in [0.717, 1.165) is 19.3 Å². The maximum Gasteiger partial charge on any atom is 0.329 e. The molecule has 5 rings (SSSR count). The summed E-state index contributed by atoms with van der Waals surface area (Å²) >= 11 is 0. The van der Waals surface area contributed by atoms with Gasteiger partial charge in [0.15, 0.2) is 0 Å². The number of piperidine rings is 2. The van der Waals surface area contributed by atoms with Crippen LogP contribution in [0.25, 0.3) is 0 Å². The fourth-order valence-corrected chi connectivity index (χ4v) is 7.04. The van der Waals surface area contributed by atoms with Crippen LogP contribution in [0.2, 0.25) is 0 Å². The number of hydrogen-bond donors (Lipinski definition) is 2. The molecule has 0 aliphatic carbocycles. The number of nitrogens with zero attached hydrogens (tertiary/aromatic N) is 3. The third-order valence-electron chi connectivity index (χ3n) is 9.56. The summed E-state index contributed by atoms with van der Waals surface area (Å²) < 4.78 is 5.85. The third kappa shape index (κ3) is 6.84. The molecule has 244 valence electrons. The molecule has 1 aromatic carbocycles. The first kappa shape index (κ1) is 32.4. The second-order valence-corrected chi connectivity index (χ2v) is 13.0. The van der Waals surface area contributed by atoms with Crippen LogP contribution in [-0.2, 0) is 28.7 Å². The van der Waals surface area contributed by atoms with Crippen molar-refractivity contribution in [2.45, 2.75) is 108 Å². The van der Waals surface area contributed by atoms with Gasteiger partial charge in [-0.25, -0.2) is 4.79 Å². The Morgan fingerprint density at radius 2 is 1.31 bits per heavy atom. The number of cyclic esters (lactones) is 1. The molecule has 0 radical (unpaired) electrons. The number of fused-ring (bicyclic) bond motifs is 3. The summed E-state index contributed by atoms with van der Waals surface area (Å²) in [5, 5.41) is 5.53. The number of rotatable bonds is 3. The summed E-state index contributed by atoms with van der Waals surface area (Å²) in [6.45, 7) is 6.23. The monoisotopic (exact) mass is 623 g/mol. The van der Waals surface area contributed by atoms with Crippen LogP contribution in [0.5, 0.6) is 0 Å². The van der Waals surface area contributed by atoms with E-state index in [-0.39, 0.29) is 17.7 Å². The van der Waals surface area contributed by atoms with E-state index in [0.29, 0.717) is 57.3 Å². The number of carbonyl (C=O) groups excluding carboxylic acids is 6. The minimum Gasteiger partial charge on any atom is -0.458 e. The van der Waals surface area contributed by atoms with E-state index in [9.17, 15) is 28.8 Å². The second kappa shape index (κ2) is 14.0. The van der Waals surface area contributed by atoms with Gasteiger partial charge in [-0.15, -0.1) is 0 Å². The highest BCUT2D eigenvalue weighted by Crippen LogP contribution is 2.29.